The zero-order valence-corrected chi connectivity index (χ0v) is 23.9. The lowest BCUT2D eigenvalue weighted by Gasteiger charge is -2.41. The summed E-state index contributed by atoms with van der Waals surface area (Å²) in [5, 5.41) is 4.63. The van der Waals surface area contributed by atoms with Crippen LogP contribution in [0.5, 0.6) is 0 Å². The second-order valence-electron chi connectivity index (χ2n) is 12.1. The predicted octanol–water partition coefficient (Wildman–Crippen LogP) is 5.36. The molecule has 0 amide bonds. The summed E-state index contributed by atoms with van der Waals surface area (Å²) in [7, 11) is 0. The van der Waals surface area contributed by atoms with E-state index in [2.05, 4.69) is 33.4 Å². The third-order valence-electron chi connectivity index (χ3n) is 9.48. The Morgan fingerprint density at radius 1 is 1.07 bits per heavy atom. The van der Waals surface area contributed by atoms with Crippen molar-refractivity contribution in [1.29, 1.82) is 0 Å². The first-order valence-electron chi connectivity index (χ1n) is 14.5. The minimum atomic E-state index is -0.263. The Hall–Kier alpha value is -2.94. The van der Waals surface area contributed by atoms with Gasteiger partial charge in [-0.15, -0.1) is 11.3 Å². The molecule has 3 fully saturated rings. The van der Waals surface area contributed by atoms with Crippen LogP contribution in [-0.4, -0.2) is 38.8 Å². The molecule has 4 aliphatic rings. The number of fused-ring (bicyclic) bond motifs is 2. The number of aryl methyl sites for hydroxylation is 1. The smallest absolute Gasteiger partial charge is 0.331 e. The lowest BCUT2D eigenvalue weighted by Crippen LogP contribution is -2.46. The Morgan fingerprint density at radius 3 is 2.73 bits per heavy atom. The zero-order valence-electron chi connectivity index (χ0n) is 22.4. The highest BCUT2D eigenvalue weighted by atomic mass is 35.5. The zero-order chi connectivity index (χ0) is 27.0. The highest BCUT2D eigenvalue weighted by Gasteiger charge is 2.45. The van der Waals surface area contributed by atoms with Crippen molar-refractivity contribution in [2.75, 3.05) is 18.0 Å². The molecule has 206 valence electrons. The van der Waals surface area contributed by atoms with Crippen LogP contribution in [0.25, 0.3) is 21.3 Å². The topological polar surface area (TPSA) is 72.2 Å². The molecule has 7 nitrogen and oxygen atoms in total. The average molecular weight is 574 g/mol. The fourth-order valence-electron chi connectivity index (χ4n) is 7.18. The molecule has 5 heterocycles. The number of hydrogen-bond donors (Lipinski definition) is 1. The van der Waals surface area contributed by atoms with Crippen LogP contribution in [0, 0.1) is 0 Å². The maximum absolute atomic E-state index is 13.1. The van der Waals surface area contributed by atoms with Crippen LogP contribution >= 0.6 is 22.9 Å². The lowest BCUT2D eigenvalue weighted by molar-refractivity contribution is 0.214. The normalized spacial score (nSPS) is 21.6. The summed E-state index contributed by atoms with van der Waals surface area (Å²) in [6, 6.07) is 10.6. The number of aromatic nitrogens is 3. The monoisotopic (exact) mass is 573 g/mol. The van der Waals surface area contributed by atoms with Crippen molar-refractivity contribution in [1.82, 2.24) is 19.4 Å². The summed E-state index contributed by atoms with van der Waals surface area (Å²) < 4.78 is 4.13. The number of pyridine rings is 1. The first-order valence-corrected chi connectivity index (χ1v) is 15.7. The van der Waals surface area contributed by atoms with Crippen molar-refractivity contribution >= 4 is 38.8 Å². The van der Waals surface area contributed by atoms with E-state index >= 15 is 0 Å². The van der Waals surface area contributed by atoms with Crippen molar-refractivity contribution < 1.29 is 0 Å². The molecule has 1 N–H and O–H groups in total. The van der Waals surface area contributed by atoms with Gasteiger partial charge in [0.1, 0.15) is 0 Å². The number of anilines is 1. The van der Waals surface area contributed by atoms with Gasteiger partial charge < -0.3 is 10.2 Å². The van der Waals surface area contributed by atoms with Crippen LogP contribution in [0.15, 0.2) is 52.3 Å². The average Bonchev–Trinajstić information content (AvgIpc) is 3.50. The summed E-state index contributed by atoms with van der Waals surface area (Å²) in [6.45, 7) is 2.33. The first kappa shape index (κ1) is 24.8. The number of nitrogens with zero attached hydrogens (tertiary/aromatic N) is 4. The Bertz CT molecular complexity index is 1770. The summed E-state index contributed by atoms with van der Waals surface area (Å²) in [6.07, 6.45) is 12.8. The van der Waals surface area contributed by atoms with Crippen LogP contribution in [0.1, 0.15) is 61.4 Å². The molecule has 1 aromatic carbocycles. The van der Waals surface area contributed by atoms with Crippen molar-refractivity contribution in [2.24, 2.45) is 0 Å². The third-order valence-corrected chi connectivity index (χ3v) is 10.8. The Kier molecular flexibility index (Phi) is 5.77. The fourth-order valence-corrected chi connectivity index (χ4v) is 8.55. The first-order chi connectivity index (χ1) is 19.5. The van der Waals surface area contributed by atoms with Crippen molar-refractivity contribution in [3.63, 3.8) is 0 Å². The number of halogens is 1. The van der Waals surface area contributed by atoms with Gasteiger partial charge in [0.05, 0.1) is 16.8 Å². The molecular weight excluding hydrogens is 542 g/mol. The summed E-state index contributed by atoms with van der Waals surface area (Å²) in [5.41, 5.74) is 5.65. The van der Waals surface area contributed by atoms with E-state index in [1.807, 2.05) is 12.3 Å². The molecule has 1 unspecified atom stereocenters. The maximum atomic E-state index is 13.1. The van der Waals surface area contributed by atoms with Crippen LogP contribution in [0.4, 0.5) is 5.69 Å². The molecule has 1 spiro atoms. The van der Waals surface area contributed by atoms with Crippen molar-refractivity contribution in [3.05, 3.63) is 79.0 Å². The van der Waals surface area contributed by atoms with Gasteiger partial charge in [0, 0.05) is 75.9 Å². The highest BCUT2D eigenvalue weighted by molar-refractivity contribution is 7.19. The van der Waals surface area contributed by atoms with Gasteiger partial charge in [0.2, 0.25) is 0 Å². The van der Waals surface area contributed by atoms with Crippen molar-refractivity contribution in [2.45, 2.75) is 75.5 Å². The minimum absolute atomic E-state index is 0.223. The number of hydrogen-bond acceptors (Lipinski definition) is 6. The molecule has 1 saturated heterocycles. The maximum Gasteiger partial charge on any atom is 0.331 e. The van der Waals surface area contributed by atoms with Gasteiger partial charge in [0.15, 0.2) is 0 Å². The van der Waals surface area contributed by atoms with E-state index in [-0.39, 0.29) is 23.8 Å². The van der Waals surface area contributed by atoms with E-state index in [9.17, 15) is 9.59 Å². The Labute approximate surface area is 241 Å². The molecule has 8 rings (SSSR count). The van der Waals surface area contributed by atoms with E-state index in [1.54, 1.807) is 22.1 Å². The quantitative estimate of drug-likeness (QED) is 0.348. The van der Waals surface area contributed by atoms with Gasteiger partial charge in [-0.3, -0.25) is 18.9 Å². The highest BCUT2D eigenvalue weighted by Crippen LogP contribution is 2.47. The summed E-state index contributed by atoms with van der Waals surface area (Å²) in [5.74, 6) is 0. The molecule has 2 aliphatic heterocycles. The third kappa shape index (κ3) is 4.06. The fraction of sp³-hybridized carbons (Fsp3) is 0.452. The number of nitrogens with one attached hydrogen (secondary N) is 1. The predicted molar refractivity (Wildman–Crippen MR) is 161 cm³/mol. The van der Waals surface area contributed by atoms with E-state index in [0.29, 0.717) is 11.6 Å². The van der Waals surface area contributed by atoms with E-state index in [1.165, 1.54) is 47.6 Å². The molecule has 4 aromatic rings. The lowest BCUT2D eigenvalue weighted by atomic mass is 9.75. The molecule has 2 aliphatic carbocycles. The standard InChI is InChI=1S/C31H32ClN5O2S/c32-20-13-19-3-1-11-35(22-16-31(34-17-22)8-2-9-31)28(19)25(14-20)24-6-10-33-26-15-23(40-29(24)26)18-37-27(38)7-12-36(30(37)39)21-4-5-21/h6-7,10,12-15,21-22,34H,1-5,8-9,11,16-18H2. The minimum Gasteiger partial charge on any atom is -0.366 e. The Morgan fingerprint density at radius 2 is 1.95 bits per heavy atom. The number of benzene rings is 1. The molecule has 0 bridgehead atoms. The molecule has 0 radical (unpaired) electrons. The van der Waals surface area contributed by atoms with Gasteiger partial charge in [0.25, 0.3) is 5.56 Å². The van der Waals surface area contributed by atoms with Crippen LogP contribution in [-0.2, 0) is 13.0 Å². The second kappa shape index (κ2) is 9.29. The van der Waals surface area contributed by atoms with E-state index in [0.717, 1.165) is 70.0 Å². The molecule has 3 aromatic heterocycles. The van der Waals surface area contributed by atoms with Crippen LogP contribution in [0.3, 0.4) is 0 Å². The van der Waals surface area contributed by atoms with Gasteiger partial charge in [-0.05, 0) is 81.2 Å². The number of rotatable bonds is 5. The largest absolute Gasteiger partial charge is 0.366 e. The Balaban J connectivity index is 1.21. The number of thiophene rings is 1. The van der Waals surface area contributed by atoms with Gasteiger partial charge in [-0.25, -0.2) is 4.79 Å². The summed E-state index contributed by atoms with van der Waals surface area (Å²) >= 11 is 8.36. The van der Waals surface area contributed by atoms with Gasteiger partial charge in [-0.2, -0.15) is 0 Å². The van der Waals surface area contributed by atoms with Gasteiger partial charge in [-0.1, -0.05) is 11.6 Å². The van der Waals surface area contributed by atoms with E-state index < -0.39 is 0 Å². The molecule has 40 heavy (non-hydrogen) atoms. The van der Waals surface area contributed by atoms with Crippen molar-refractivity contribution in [3.8, 4) is 11.1 Å². The summed E-state index contributed by atoms with van der Waals surface area (Å²) in [4.78, 5) is 34.1. The van der Waals surface area contributed by atoms with Gasteiger partial charge >= 0.3 is 5.69 Å². The van der Waals surface area contributed by atoms with Crippen LogP contribution < -0.4 is 21.5 Å². The van der Waals surface area contributed by atoms with Crippen LogP contribution in [0.2, 0.25) is 5.02 Å². The molecule has 9 heteroatoms. The second-order valence-corrected chi connectivity index (χ2v) is 13.7. The SMILES string of the molecule is O=c1ccn(C2CC2)c(=O)n1Cc1cc2nccc(-c3cc(Cl)cc4c3N(C3CNC5(CCC5)C3)CCC4)c2s1. The molecular formula is C31H32ClN5O2S. The van der Waals surface area contributed by atoms with E-state index in [4.69, 9.17) is 11.6 Å². The molecule has 2 saturated carbocycles. The molecule has 1 atom stereocenters.